The second-order valence-electron chi connectivity index (χ2n) is 3.41. The molecule has 8 nitrogen and oxygen atoms in total. The van der Waals surface area contributed by atoms with E-state index in [-0.39, 0.29) is 17.6 Å². The Morgan fingerprint density at radius 2 is 2.05 bits per heavy atom. The largest absolute Gasteiger partial charge is 0.610 e. The van der Waals surface area contributed by atoms with Gasteiger partial charge in [-0.2, -0.15) is 0 Å². The number of hydrogen-bond acceptors (Lipinski definition) is 6. The van der Waals surface area contributed by atoms with E-state index >= 15 is 0 Å². The van der Waals surface area contributed by atoms with Crippen LogP contribution in [0.3, 0.4) is 0 Å². The second-order valence-corrected chi connectivity index (χ2v) is 3.41. The van der Waals surface area contributed by atoms with Gasteiger partial charge in [-0.15, -0.1) is 4.90 Å². The van der Waals surface area contributed by atoms with Crippen LogP contribution in [0.1, 0.15) is 10.4 Å². The predicted molar refractivity (Wildman–Crippen MR) is 65.1 cm³/mol. The van der Waals surface area contributed by atoms with Crippen LogP contribution in [0.25, 0.3) is 0 Å². The maximum absolute atomic E-state index is 11.6. The molecule has 0 saturated heterocycles. The number of hydrazine groups is 1. The number of allylic oxidation sites excluding steroid dienone is 1. The topological polar surface area (TPSA) is 112 Å². The summed E-state index contributed by atoms with van der Waals surface area (Å²) in [4.78, 5) is 14.7. The highest BCUT2D eigenvalue weighted by Gasteiger charge is 2.13. The third kappa shape index (κ3) is 3.22. The minimum Gasteiger partial charge on any atom is -0.610 e. The van der Waals surface area contributed by atoms with E-state index in [1.165, 1.54) is 30.7 Å². The van der Waals surface area contributed by atoms with Gasteiger partial charge in [0.2, 0.25) is 0 Å². The van der Waals surface area contributed by atoms with Crippen LogP contribution in [0.2, 0.25) is 0 Å². The summed E-state index contributed by atoms with van der Waals surface area (Å²) in [5.41, 5.74) is 5.31. The molecule has 2 N–H and O–H groups in total. The third-order valence-electron chi connectivity index (χ3n) is 2.14. The molecule has 0 bridgehead atoms. The quantitative estimate of drug-likeness (QED) is 0.591. The summed E-state index contributed by atoms with van der Waals surface area (Å²) < 4.78 is 4.85. The number of nitrogens with one attached hydrogen (secondary N) is 2. The number of carbonyl (C=O) groups is 1. The van der Waals surface area contributed by atoms with E-state index in [2.05, 4.69) is 15.8 Å². The molecule has 0 aliphatic carbocycles. The van der Waals surface area contributed by atoms with E-state index in [1.54, 1.807) is 12.1 Å². The third-order valence-corrected chi connectivity index (χ3v) is 2.14. The second kappa shape index (κ2) is 5.54. The van der Waals surface area contributed by atoms with Crippen molar-refractivity contribution in [2.24, 2.45) is 0 Å². The maximum Gasteiger partial charge on any atom is 0.391 e. The zero-order valence-electron chi connectivity index (χ0n) is 9.57. The lowest BCUT2D eigenvalue weighted by atomic mass is 10.3. The summed E-state index contributed by atoms with van der Waals surface area (Å²) in [5, 5.41) is 20.8. The first-order valence-corrected chi connectivity index (χ1v) is 5.20. The molecule has 0 radical (unpaired) electrons. The molecule has 1 aromatic heterocycles. The molecule has 2 heterocycles. The van der Waals surface area contributed by atoms with Gasteiger partial charge in [-0.25, -0.2) is 0 Å². The van der Waals surface area contributed by atoms with Crippen LogP contribution < -0.4 is 10.9 Å². The van der Waals surface area contributed by atoms with Crippen molar-refractivity contribution in [1.29, 1.82) is 0 Å². The number of pyridine rings is 1. The molecule has 0 saturated carbocycles. The summed E-state index contributed by atoms with van der Waals surface area (Å²) in [6.07, 6.45) is 6.91. The molecule has 0 atom stereocenters. The van der Waals surface area contributed by atoms with Gasteiger partial charge in [-0.1, -0.05) is 0 Å². The molecule has 98 valence electrons. The summed E-state index contributed by atoms with van der Waals surface area (Å²) >= 11 is 0. The Hall–Kier alpha value is -3.03. The summed E-state index contributed by atoms with van der Waals surface area (Å²) in [6.45, 7) is 0. The summed E-state index contributed by atoms with van der Waals surface area (Å²) in [6, 6.07) is 3.10. The Kier molecular flexibility index (Phi) is 3.62. The maximum atomic E-state index is 11.6. The van der Waals surface area contributed by atoms with Gasteiger partial charge in [0.05, 0.1) is 12.3 Å². The number of ether oxygens (including phenoxy) is 1. The van der Waals surface area contributed by atoms with E-state index in [0.717, 1.165) is 0 Å². The standard InChI is InChI=1S/C11H9N4O4/c16-11(8-3-5-12-6-4-8)14-13-7-9-1-2-10(19-9)15(17)18/h1-7H,(H2-,12,13,14,16,17,18)/q-1. The van der Waals surface area contributed by atoms with E-state index in [1.807, 2.05) is 0 Å². The molecule has 0 spiro atoms. The first kappa shape index (κ1) is 12.4. The average molecular weight is 261 g/mol. The summed E-state index contributed by atoms with van der Waals surface area (Å²) in [7, 11) is 0. The van der Waals surface area contributed by atoms with Crippen molar-refractivity contribution in [3.8, 4) is 0 Å². The van der Waals surface area contributed by atoms with Crippen LogP contribution in [0.15, 0.2) is 48.6 Å². The molecule has 19 heavy (non-hydrogen) atoms. The first-order valence-electron chi connectivity index (χ1n) is 5.20. The van der Waals surface area contributed by atoms with Gasteiger partial charge in [-0.05, 0) is 18.2 Å². The van der Waals surface area contributed by atoms with Crippen LogP contribution in [-0.4, -0.2) is 21.7 Å². The molecular formula is C11H9N4O4-. The van der Waals surface area contributed by atoms with Crippen molar-refractivity contribution in [2.75, 3.05) is 0 Å². The number of hydrogen-bond donors (Lipinski definition) is 2. The lowest BCUT2D eigenvalue weighted by Crippen LogP contribution is -2.33. The normalized spacial score (nSPS) is 15.2. The first-order chi connectivity index (χ1) is 9.16. The van der Waals surface area contributed by atoms with Gasteiger partial charge in [0.15, 0.2) is 5.76 Å². The molecule has 0 aromatic carbocycles. The van der Waals surface area contributed by atoms with Crippen molar-refractivity contribution in [3.63, 3.8) is 0 Å². The number of nitrogens with zero attached hydrogens (tertiary/aromatic N) is 2. The average Bonchev–Trinajstić information content (AvgIpc) is 2.89. The van der Waals surface area contributed by atoms with Gasteiger partial charge in [-0.3, -0.25) is 15.2 Å². The summed E-state index contributed by atoms with van der Waals surface area (Å²) in [5.74, 6) is -0.505. The molecule has 1 aliphatic rings. The molecule has 2 rings (SSSR count). The molecular weight excluding hydrogens is 252 g/mol. The molecule has 8 heteroatoms. The fourth-order valence-electron chi connectivity index (χ4n) is 1.27. The van der Waals surface area contributed by atoms with Gasteiger partial charge in [0, 0.05) is 18.0 Å². The van der Waals surface area contributed by atoms with Crippen LogP contribution in [0, 0.1) is 10.4 Å². The highest BCUT2D eigenvalue weighted by molar-refractivity contribution is 5.93. The van der Waals surface area contributed by atoms with E-state index in [9.17, 15) is 15.2 Å². The smallest absolute Gasteiger partial charge is 0.391 e. The SMILES string of the molecule is O=C(NNC=C1C=CC(=[N+]([O-])[O-])O1)c1ccncc1. The molecule has 1 amide bonds. The van der Waals surface area contributed by atoms with Gasteiger partial charge in [0.25, 0.3) is 5.91 Å². The minimum absolute atomic E-state index is 0.224. The van der Waals surface area contributed by atoms with Crippen molar-refractivity contribution in [3.05, 3.63) is 64.6 Å². The Bertz CT molecular complexity index is 561. The van der Waals surface area contributed by atoms with Crippen LogP contribution in [0.4, 0.5) is 0 Å². The van der Waals surface area contributed by atoms with Gasteiger partial charge < -0.3 is 20.6 Å². The Labute approximate surface area is 107 Å². The molecule has 1 aliphatic heterocycles. The number of rotatable bonds is 3. The van der Waals surface area contributed by atoms with Crippen molar-refractivity contribution in [2.45, 2.75) is 0 Å². The van der Waals surface area contributed by atoms with Crippen molar-refractivity contribution < 1.29 is 14.4 Å². The Morgan fingerprint density at radius 1 is 1.32 bits per heavy atom. The van der Waals surface area contributed by atoms with Crippen molar-refractivity contribution in [1.82, 2.24) is 15.8 Å². The van der Waals surface area contributed by atoms with E-state index in [4.69, 9.17) is 4.74 Å². The zero-order chi connectivity index (χ0) is 13.7. The van der Waals surface area contributed by atoms with E-state index < -0.39 is 4.90 Å². The Balaban J connectivity index is 1.87. The monoisotopic (exact) mass is 261 g/mol. The van der Waals surface area contributed by atoms with Crippen LogP contribution in [-0.2, 0) is 4.74 Å². The van der Waals surface area contributed by atoms with Crippen LogP contribution in [0.5, 0.6) is 0 Å². The zero-order valence-corrected chi connectivity index (χ0v) is 9.57. The van der Waals surface area contributed by atoms with Crippen LogP contribution >= 0.6 is 0 Å². The number of aromatic nitrogens is 1. The lowest BCUT2D eigenvalue weighted by molar-refractivity contribution is -0.388. The van der Waals surface area contributed by atoms with Crippen molar-refractivity contribution >= 4 is 11.8 Å². The molecule has 0 fully saturated rings. The molecule has 0 unspecified atom stereocenters. The minimum atomic E-state index is -0.646. The van der Waals surface area contributed by atoms with Gasteiger partial charge >= 0.3 is 5.90 Å². The fourth-order valence-corrected chi connectivity index (χ4v) is 1.27. The number of carbonyl (C=O) groups excluding carboxylic acids is 1. The molecule has 1 aromatic rings. The highest BCUT2D eigenvalue weighted by Crippen LogP contribution is 2.08. The van der Waals surface area contributed by atoms with E-state index in [0.29, 0.717) is 5.56 Å². The number of amides is 1. The van der Waals surface area contributed by atoms with Gasteiger partial charge in [0.1, 0.15) is 0 Å². The lowest BCUT2D eigenvalue weighted by Gasteiger charge is -2.06. The fraction of sp³-hybridized carbons (Fsp3) is 0. The predicted octanol–water partition coefficient (Wildman–Crippen LogP) is 0.150. The Morgan fingerprint density at radius 3 is 2.68 bits per heavy atom. The highest BCUT2D eigenvalue weighted by atomic mass is 16.8.